The summed E-state index contributed by atoms with van der Waals surface area (Å²) in [5, 5.41) is 9.03. The number of hydrogen-bond acceptors (Lipinski definition) is 2. The summed E-state index contributed by atoms with van der Waals surface area (Å²) in [6, 6.07) is 17.6. The molecule has 2 aromatic carbocycles. The van der Waals surface area contributed by atoms with Gasteiger partial charge in [0.2, 0.25) is 5.91 Å². The average molecular weight is 324 g/mol. The molecule has 1 amide bonds. The molecule has 0 aliphatic carbocycles. The first-order valence-corrected chi connectivity index (χ1v) is 8.10. The van der Waals surface area contributed by atoms with Gasteiger partial charge in [0.05, 0.1) is 13.1 Å². The summed E-state index contributed by atoms with van der Waals surface area (Å²) < 4.78 is 0. The van der Waals surface area contributed by atoms with Crippen LogP contribution in [0.2, 0.25) is 0 Å². The number of anilines is 1. The van der Waals surface area contributed by atoms with Crippen molar-refractivity contribution in [2.24, 2.45) is 4.99 Å². The molecule has 0 saturated carbocycles. The van der Waals surface area contributed by atoms with Gasteiger partial charge in [-0.3, -0.25) is 4.79 Å². The number of carbonyl (C=O) groups is 1. The Morgan fingerprint density at radius 3 is 2.38 bits per heavy atom. The van der Waals surface area contributed by atoms with Crippen molar-refractivity contribution in [1.29, 1.82) is 0 Å². The molecule has 0 spiro atoms. The largest absolute Gasteiger partial charge is 0.357 e. The molecule has 24 heavy (non-hydrogen) atoms. The van der Waals surface area contributed by atoms with Gasteiger partial charge in [-0.25, -0.2) is 4.99 Å². The summed E-state index contributed by atoms with van der Waals surface area (Å²) in [6.07, 6.45) is 0. The molecule has 0 aliphatic rings. The fourth-order valence-corrected chi connectivity index (χ4v) is 2.10. The van der Waals surface area contributed by atoms with Crippen molar-refractivity contribution in [3.8, 4) is 0 Å². The molecule has 0 saturated heterocycles. The second kappa shape index (κ2) is 9.35. The van der Waals surface area contributed by atoms with Crippen molar-refractivity contribution < 1.29 is 4.79 Å². The van der Waals surface area contributed by atoms with Crippen molar-refractivity contribution in [2.45, 2.75) is 20.4 Å². The highest BCUT2D eigenvalue weighted by Crippen LogP contribution is 2.05. The van der Waals surface area contributed by atoms with Crippen LogP contribution < -0.4 is 16.0 Å². The highest BCUT2D eigenvalue weighted by atomic mass is 16.1. The third-order valence-corrected chi connectivity index (χ3v) is 3.36. The Hall–Kier alpha value is -2.82. The summed E-state index contributed by atoms with van der Waals surface area (Å²) >= 11 is 0. The molecule has 2 aromatic rings. The molecule has 0 aliphatic heterocycles. The quantitative estimate of drug-likeness (QED) is 0.565. The van der Waals surface area contributed by atoms with E-state index in [9.17, 15) is 4.79 Å². The monoisotopic (exact) mass is 324 g/mol. The third-order valence-electron chi connectivity index (χ3n) is 3.36. The van der Waals surface area contributed by atoms with Crippen LogP contribution in [0.1, 0.15) is 18.1 Å². The lowest BCUT2D eigenvalue weighted by Gasteiger charge is -2.11. The molecule has 5 heteroatoms. The Morgan fingerprint density at radius 1 is 1.00 bits per heavy atom. The Labute approximate surface area is 143 Å². The number of aryl methyl sites for hydroxylation is 1. The summed E-state index contributed by atoms with van der Waals surface area (Å²) in [7, 11) is 0. The zero-order valence-corrected chi connectivity index (χ0v) is 14.2. The van der Waals surface area contributed by atoms with E-state index in [4.69, 9.17) is 0 Å². The van der Waals surface area contributed by atoms with Gasteiger partial charge in [-0.05, 0) is 31.5 Å². The van der Waals surface area contributed by atoms with Crippen molar-refractivity contribution in [2.75, 3.05) is 18.4 Å². The van der Waals surface area contributed by atoms with Gasteiger partial charge in [-0.1, -0.05) is 48.0 Å². The molecule has 0 fully saturated rings. The van der Waals surface area contributed by atoms with E-state index in [-0.39, 0.29) is 12.5 Å². The van der Waals surface area contributed by atoms with E-state index in [1.807, 2.05) is 37.3 Å². The van der Waals surface area contributed by atoms with Crippen LogP contribution in [0, 0.1) is 6.92 Å². The molecule has 0 aromatic heterocycles. The van der Waals surface area contributed by atoms with Crippen molar-refractivity contribution in [1.82, 2.24) is 10.6 Å². The molecule has 0 unspecified atom stereocenters. The van der Waals surface area contributed by atoms with E-state index in [2.05, 4.69) is 52.1 Å². The first-order valence-electron chi connectivity index (χ1n) is 8.10. The molecule has 2 rings (SSSR count). The van der Waals surface area contributed by atoms with Crippen LogP contribution in [0.3, 0.4) is 0 Å². The smallest absolute Gasteiger partial charge is 0.243 e. The van der Waals surface area contributed by atoms with Gasteiger partial charge >= 0.3 is 0 Å². The number of rotatable bonds is 6. The summed E-state index contributed by atoms with van der Waals surface area (Å²) in [5.74, 6) is 0.517. The molecule has 0 radical (unpaired) electrons. The molecule has 5 nitrogen and oxygen atoms in total. The predicted octanol–water partition coefficient (Wildman–Crippen LogP) is 2.69. The van der Waals surface area contributed by atoms with E-state index in [1.54, 1.807) is 0 Å². The van der Waals surface area contributed by atoms with Gasteiger partial charge in [-0.15, -0.1) is 0 Å². The number of guanidine groups is 1. The van der Waals surface area contributed by atoms with Crippen molar-refractivity contribution >= 4 is 17.6 Å². The van der Waals surface area contributed by atoms with Gasteiger partial charge in [-0.2, -0.15) is 0 Å². The second-order valence-corrected chi connectivity index (χ2v) is 5.45. The summed E-state index contributed by atoms with van der Waals surface area (Å²) in [6.45, 7) is 5.52. The van der Waals surface area contributed by atoms with Gasteiger partial charge in [0, 0.05) is 12.2 Å². The van der Waals surface area contributed by atoms with Crippen LogP contribution in [0.25, 0.3) is 0 Å². The molecule has 0 atom stereocenters. The fraction of sp³-hybridized carbons (Fsp3) is 0.263. The van der Waals surface area contributed by atoms with E-state index in [1.165, 1.54) is 5.56 Å². The first-order chi connectivity index (χ1) is 11.7. The number of para-hydroxylation sites is 1. The summed E-state index contributed by atoms with van der Waals surface area (Å²) in [4.78, 5) is 16.5. The van der Waals surface area contributed by atoms with Gasteiger partial charge in [0.1, 0.15) is 0 Å². The number of aliphatic imine (C=N–C) groups is 1. The molecule has 0 heterocycles. The zero-order valence-electron chi connectivity index (χ0n) is 14.2. The maximum Gasteiger partial charge on any atom is 0.243 e. The average Bonchev–Trinajstić information content (AvgIpc) is 2.59. The van der Waals surface area contributed by atoms with Crippen LogP contribution in [0.5, 0.6) is 0 Å². The molecule has 0 bridgehead atoms. The number of benzene rings is 2. The highest BCUT2D eigenvalue weighted by Gasteiger charge is 2.04. The standard InChI is InChI=1S/C19H24N4O/c1-3-20-19(21-13-16-11-9-15(2)10-12-16)22-14-18(24)23-17-7-5-4-6-8-17/h4-12H,3,13-14H2,1-2H3,(H,23,24)(H2,20,21,22). The van der Waals surface area contributed by atoms with Crippen LogP contribution in [-0.2, 0) is 11.3 Å². The Morgan fingerprint density at radius 2 is 1.71 bits per heavy atom. The van der Waals surface area contributed by atoms with E-state index >= 15 is 0 Å². The van der Waals surface area contributed by atoms with Crippen LogP contribution >= 0.6 is 0 Å². The topological polar surface area (TPSA) is 65.5 Å². The maximum atomic E-state index is 12.0. The van der Waals surface area contributed by atoms with E-state index in [0.717, 1.165) is 17.8 Å². The number of nitrogens with zero attached hydrogens (tertiary/aromatic N) is 1. The van der Waals surface area contributed by atoms with Crippen LogP contribution in [-0.4, -0.2) is 25.0 Å². The number of amides is 1. The minimum Gasteiger partial charge on any atom is -0.357 e. The fourth-order valence-electron chi connectivity index (χ4n) is 2.10. The van der Waals surface area contributed by atoms with Gasteiger partial charge < -0.3 is 16.0 Å². The zero-order chi connectivity index (χ0) is 17.2. The maximum absolute atomic E-state index is 12.0. The number of nitrogens with one attached hydrogen (secondary N) is 3. The number of carbonyl (C=O) groups excluding carboxylic acids is 1. The van der Waals surface area contributed by atoms with Crippen molar-refractivity contribution in [3.63, 3.8) is 0 Å². The SMILES string of the molecule is CCNC(=NCc1ccc(C)cc1)NCC(=O)Nc1ccccc1. The molecular formula is C19H24N4O. The molecule has 126 valence electrons. The lowest BCUT2D eigenvalue weighted by molar-refractivity contribution is -0.115. The third kappa shape index (κ3) is 6.12. The van der Waals surface area contributed by atoms with Crippen LogP contribution in [0.4, 0.5) is 5.69 Å². The summed E-state index contributed by atoms with van der Waals surface area (Å²) in [5.41, 5.74) is 3.14. The normalized spacial score (nSPS) is 11.0. The van der Waals surface area contributed by atoms with Crippen LogP contribution in [0.15, 0.2) is 59.6 Å². The lowest BCUT2D eigenvalue weighted by atomic mass is 10.1. The van der Waals surface area contributed by atoms with E-state index < -0.39 is 0 Å². The Balaban J connectivity index is 1.86. The highest BCUT2D eigenvalue weighted by molar-refractivity contribution is 5.94. The Bertz CT molecular complexity index is 666. The van der Waals surface area contributed by atoms with Crippen molar-refractivity contribution in [3.05, 3.63) is 65.7 Å². The minimum absolute atomic E-state index is 0.109. The minimum atomic E-state index is -0.109. The molecule has 3 N–H and O–H groups in total. The van der Waals surface area contributed by atoms with Gasteiger partial charge in [0.15, 0.2) is 5.96 Å². The molecular weight excluding hydrogens is 300 g/mol. The predicted molar refractivity (Wildman–Crippen MR) is 99.1 cm³/mol. The Kier molecular flexibility index (Phi) is 6.83. The number of hydrogen-bond donors (Lipinski definition) is 3. The lowest BCUT2D eigenvalue weighted by Crippen LogP contribution is -2.41. The van der Waals surface area contributed by atoms with E-state index in [0.29, 0.717) is 12.5 Å². The second-order valence-electron chi connectivity index (χ2n) is 5.45. The van der Waals surface area contributed by atoms with Gasteiger partial charge in [0.25, 0.3) is 0 Å². The first kappa shape index (κ1) is 17.5.